The molecule has 2 aromatic heterocycles. The highest BCUT2D eigenvalue weighted by atomic mass is 19.1. The number of benzene rings is 2. The lowest BCUT2D eigenvalue weighted by Crippen LogP contribution is -2.14. The summed E-state index contributed by atoms with van der Waals surface area (Å²) < 4.78 is 20.8. The van der Waals surface area contributed by atoms with Crippen molar-refractivity contribution in [3.05, 3.63) is 77.4 Å². The summed E-state index contributed by atoms with van der Waals surface area (Å²) in [6, 6.07) is 15.5. The Labute approximate surface area is 186 Å². The van der Waals surface area contributed by atoms with Crippen LogP contribution in [0.2, 0.25) is 0 Å². The van der Waals surface area contributed by atoms with Crippen LogP contribution in [0.25, 0.3) is 16.9 Å². The maximum absolute atomic E-state index is 13.6. The molecule has 1 amide bonds. The van der Waals surface area contributed by atoms with Gasteiger partial charge in [-0.2, -0.15) is 5.10 Å². The number of hydrogen-bond acceptors (Lipinski definition) is 4. The molecule has 0 bridgehead atoms. The molecule has 2 heterocycles. The van der Waals surface area contributed by atoms with Gasteiger partial charge in [0, 0.05) is 35.1 Å². The van der Waals surface area contributed by atoms with E-state index in [9.17, 15) is 9.18 Å². The van der Waals surface area contributed by atoms with Gasteiger partial charge in [0.2, 0.25) is 5.91 Å². The van der Waals surface area contributed by atoms with Crippen LogP contribution in [0.4, 0.5) is 10.1 Å². The zero-order valence-corrected chi connectivity index (χ0v) is 18.4. The van der Waals surface area contributed by atoms with E-state index in [0.717, 1.165) is 28.4 Å². The highest BCUT2D eigenvalue weighted by molar-refractivity contribution is 5.90. The Kier molecular flexibility index (Phi) is 6.16. The van der Waals surface area contributed by atoms with E-state index in [1.165, 1.54) is 12.1 Å². The number of halogens is 1. The molecule has 0 fully saturated rings. The first-order chi connectivity index (χ1) is 15.4. The second-order valence-electron chi connectivity index (χ2n) is 7.58. The quantitative estimate of drug-likeness (QED) is 0.440. The zero-order valence-electron chi connectivity index (χ0n) is 18.4. The molecule has 0 aliphatic carbocycles. The molecule has 4 aromatic rings. The summed E-state index contributed by atoms with van der Waals surface area (Å²) >= 11 is 0. The number of anilines is 1. The van der Waals surface area contributed by atoms with Gasteiger partial charge in [-0.25, -0.2) is 13.9 Å². The maximum Gasteiger partial charge on any atom is 0.224 e. The number of ether oxygens (including phenoxy) is 1. The summed E-state index contributed by atoms with van der Waals surface area (Å²) in [5.41, 5.74) is 5.54. The third-order valence-electron chi connectivity index (χ3n) is 5.34. The number of aryl methyl sites for hydroxylation is 2. The van der Waals surface area contributed by atoms with Gasteiger partial charge in [0.05, 0.1) is 12.3 Å². The molecular weight excluding hydrogens is 407 g/mol. The van der Waals surface area contributed by atoms with Crippen LogP contribution in [-0.2, 0) is 11.2 Å². The molecule has 0 saturated carbocycles. The van der Waals surface area contributed by atoms with E-state index >= 15 is 0 Å². The second-order valence-corrected chi connectivity index (χ2v) is 7.58. The van der Waals surface area contributed by atoms with Crippen LogP contribution in [0.5, 0.6) is 5.75 Å². The molecule has 0 radical (unpaired) electrons. The molecule has 2 aromatic carbocycles. The summed E-state index contributed by atoms with van der Waals surface area (Å²) in [5.74, 6) is 0.390. The lowest BCUT2D eigenvalue weighted by molar-refractivity contribution is -0.116. The number of carbonyl (C=O) groups excluding carboxylic acids is 1. The van der Waals surface area contributed by atoms with Crippen LogP contribution < -0.4 is 10.1 Å². The smallest absolute Gasteiger partial charge is 0.224 e. The molecule has 6 nitrogen and oxygen atoms in total. The minimum atomic E-state index is -0.306. The molecule has 7 heteroatoms. The van der Waals surface area contributed by atoms with Gasteiger partial charge in [0.15, 0.2) is 5.65 Å². The lowest BCUT2D eigenvalue weighted by atomic mass is 10.1. The summed E-state index contributed by atoms with van der Waals surface area (Å²) in [4.78, 5) is 17.1. The first-order valence-corrected chi connectivity index (χ1v) is 10.6. The maximum atomic E-state index is 13.6. The van der Waals surface area contributed by atoms with Gasteiger partial charge in [-0.3, -0.25) is 4.79 Å². The average molecular weight is 432 g/mol. The van der Waals surface area contributed by atoms with E-state index in [4.69, 9.17) is 4.74 Å². The van der Waals surface area contributed by atoms with E-state index in [2.05, 4.69) is 15.4 Å². The number of amides is 1. The van der Waals surface area contributed by atoms with E-state index in [-0.39, 0.29) is 11.7 Å². The van der Waals surface area contributed by atoms with Crippen LogP contribution in [0.3, 0.4) is 0 Å². The van der Waals surface area contributed by atoms with Crippen LogP contribution >= 0.6 is 0 Å². The van der Waals surface area contributed by atoms with Crippen molar-refractivity contribution < 1.29 is 13.9 Å². The molecular formula is C25H25FN4O2. The third-order valence-corrected chi connectivity index (χ3v) is 5.34. The van der Waals surface area contributed by atoms with E-state index in [1.807, 2.05) is 57.2 Å². The Bertz CT molecular complexity index is 1270. The largest absolute Gasteiger partial charge is 0.494 e. The number of fused-ring (bicyclic) bond motifs is 1. The minimum Gasteiger partial charge on any atom is -0.494 e. The van der Waals surface area contributed by atoms with Gasteiger partial charge in [-0.15, -0.1) is 0 Å². The number of aromatic nitrogens is 3. The van der Waals surface area contributed by atoms with Crippen molar-refractivity contribution in [3.63, 3.8) is 0 Å². The summed E-state index contributed by atoms with van der Waals surface area (Å²) in [5, 5.41) is 7.53. The fourth-order valence-corrected chi connectivity index (χ4v) is 3.74. The average Bonchev–Trinajstić information content (AvgIpc) is 3.19. The highest BCUT2D eigenvalue weighted by Crippen LogP contribution is 2.23. The lowest BCUT2D eigenvalue weighted by Gasteiger charge is -2.11. The van der Waals surface area contributed by atoms with Crippen molar-refractivity contribution in [1.82, 2.24) is 14.6 Å². The van der Waals surface area contributed by atoms with Gasteiger partial charge < -0.3 is 10.1 Å². The Morgan fingerprint density at radius 1 is 1.12 bits per heavy atom. The normalized spacial score (nSPS) is 11.0. The fraction of sp³-hybridized carbons (Fsp3) is 0.240. The molecule has 0 aliphatic rings. The number of hydrogen-bond donors (Lipinski definition) is 1. The van der Waals surface area contributed by atoms with Gasteiger partial charge in [-0.1, -0.05) is 12.1 Å². The molecule has 0 saturated heterocycles. The van der Waals surface area contributed by atoms with E-state index in [1.54, 1.807) is 10.6 Å². The molecule has 164 valence electrons. The number of nitrogens with zero attached hydrogens (tertiary/aromatic N) is 3. The van der Waals surface area contributed by atoms with Crippen LogP contribution in [0, 0.1) is 19.7 Å². The topological polar surface area (TPSA) is 68.5 Å². The molecule has 0 aliphatic heterocycles. The Morgan fingerprint density at radius 3 is 2.62 bits per heavy atom. The first-order valence-electron chi connectivity index (χ1n) is 10.6. The fourth-order valence-electron chi connectivity index (χ4n) is 3.74. The third kappa shape index (κ3) is 4.61. The van der Waals surface area contributed by atoms with Crippen molar-refractivity contribution in [1.29, 1.82) is 0 Å². The summed E-state index contributed by atoms with van der Waals surface area (Å²) in [6.07, 6.45) is 0.860. The monoisotopic (exact) mass is 432 g/mol. The van der Waals surface area contributed by atoms with E-state index < -0.39 is 0 Å². The van der Waals surface area contributed by atoms with Crippen molar-refractivity contribution in [2.24, 2.45) is 0 Å². The van der Waals surface area contributed by atoms with Gasteiger partial charge in [0.1, 0.15) is 11.6 Å². The van der Waals surface area contributed by atoms with Gasteiger partial charge in [0.25, 0.3) is 0 Å². The Balaban J connectivity index is 1.49. The molecule has 1 N–H and O–H groups in total. The molecule has 0 unspecified atom stereocenters. The van der Waals surface area contributed by atoms with Crippen molar-refractivity contribution in [2.75, 3.05) is 11.9 Å². The van der Waals surface area contributed by atoms with Gasteiger partial charge >= 0.3 is 0 Å². The SMILES string of the molecule is CCOc1ccc(NC(=O)CCc2c(C)nc3cc(-c4cccc(F)c4)nn3c2C)cc1. The zero-order chi connectivity index (χ0) is 22.7. The molecule has 0 spiro atoms. The van der Waals surface area contributed by atoms with Crippen molar-refractivity contribution in [3.8, 4) is 17.0 Å². The summed E-state index contributed by atoms with van der Waals surface area (Å²) in [6.45, 7) is 6.42. The second kappa shape index (κ2) is 9.18. The Hall–Kier alpha value is -3.74. The van der Waals surface area contributed by atoms with Gasteiger partial charge in [-0.05, 0) is 69.2 Å². The summed E-state index contributed by atoms with van der Waals surface area (Å²) in [7, 11) is 0. The van der Waals surface area contributed by atoms with Crippen LogP contribution in [-0.4, -0.2) is 27.1 Å². The van der Waals surface area contributed by atoms with Crippen molar-refractivity contribution >= 4 is 17.2 Å². The number of carbonyl (C=O) groups is 1. The highest BCUT2D eigenvalue weighted by Gasteiger charge is 2.15. The molecule has 32 heavy (non-hydrogen) atoms. The predicted octanol–water partition coefficient (Wildman–Crippen LogP) is 5.12. The molecule has 0 atom stereocenters. The van der Waals surface area contributed by atoms with Crippen LogP contribution in [0.1, 0.15) is 30.3 Å². The number of rotatable bonds is 7. The first kappa shape index (κ1) is 21.5. The minimum absolute atomic E-state index is 0.0750. The predicted molar refractivity (Wildman–Crippen MR) is 122 cm³/mol. The molecule has 4 rings (SSSR count). The standard InChI is InChI=1S/C25H25FN4O2/c1-4-32-21-10-8-20(9-11-21)28-25(31)13-12-22-16(2)27-24-15-23(29-30(24)17(22)3)18-6-5-7-19(26)14-18/h5-11,14-15H,4,12-13H2,1-3H3,(H,28,31). The van der Waals surface area contributed by atoms with Crippen molar-refractivity contribution in [2.45, 2.75) is 33.6 Å². The number of nitrogens with one attached hydrogen (secondary N) is 1. The Morgan fingerprint density at radius 2 is 1.91 bits per heavy atom. The van der Waals surface area contributed by atoms with Crippen LogP contribution in [0.15, 0.2) is 54.6 Å². The van der Waals surface area contributed by atoms with E-state index in [0.29, 0.717) is 36.4 Å².